The fourth-order valence-corrected chi connectivity index (χ4v) is 3.02. The summed E-state index contributed by atoms with van der Waals surface area (Å²) in [5.74, 6) is -4.31. The minimum atomic E-state index is -1.14. The number of carboxylic acids is 2. The SMILES string of the molecule is O=C(O)C1CCN(C(=O)C2CCCNC2)CC1C(=O)O. The van der Waals surface area contributed by atoms with Gasteiger partial charge in [-0.1, -0.05) is 0 Å². The summed E-state index contributed by atoms with van der Waals surface area (Å²) in [4.78, 5) is 36.1. The number of piperidine rings is 2. The largest absolute Gasteiger partial charge is 0.481 e. The Balaban J connectivity index is 2.02. The molecule has 3 N–H and O–H groups in total. The number of aliphatic carboxylic acids is 2. The summed E-state index contributed by atoms with van der Waals surface area (Å²) in [5, 5.41) is 21.4. The van der Waals surface area contributed by atoms with Crippen LogP contribution in [0.15, 0.2) is 0 Å². The minimum absolute atomic E-state index is 0.00162. The molecule has 20 heavy (non-hydrogen) atoms. The average molecular weight is 284 g/mol. The Bertz CT molecular complexity index is 406. The predicted octanol–water partition coefficient (Wildman–Crippen LogP) is -0.380. The first kappa shape index (κ1) is 14.8. The number of carbonyl (C=O) groups is 3. The van der Waals surface area contributed by atoms with Crippen molar-refractivity contribution in [3.63, 3.8) is 0 Å². The molecule has 2 rings (SSSR count). The predicted molar refractivity (Wildman–Crippen MR) is 69.0 cm³/mol. The van der Waals surface area contributed by atoms with Gasteiger partial charge in [-0.05, 0) is 25.8 Å². The second-order valence-corrected chi connectivity index (χ2v) is 5.51. The van der Waals surface area contributed by atoms with Crippen molar-refractivity contribution in [3.8, 4) is 0 Å². The molecule has 7 heteroatoms. The second kappa shape index (κ2) is 6.21. The highest BCUT2D eigenvalue weighted by atomic mass is 16.4. The number of likely N-dealkylation sites (tertiary alicyclic amines) is 1. The van der Waals surface area contributed by atoms with E-state index in [1.165, 1.54) is 4.90 Å². The van der Waals surface area contributed by atoms with Gasteiger partial charge in [0.2, 0.25) is 5.91 Å². The molecule has 3 unspecified atom stereocenters. The molecule has 0 aromatic rings. The topological polar surface area (TPSA) is 107 Å². The van der Waals surface area contributed by atoms with E-state index in [1.54, 1.807) is 0 Å². The summed E-state index contributed by atoms with van der Waals surface area (Å²) in [6.07, 6.45) is 1.95. The van der Waals surface area contributed by atoms with E-state index in [2.05, 4.69) is 5.32 Å². The van der Waals surface area contributed by atoms with Crippen LogP contribution in [0.2, 0.25) is 0 Å². The third-order valence-electron chi connectivity index (χ3n) is 4.20. The van der Waals surface area contributed by atoms with Gasteiger partial charge in [0, 0.05) is 19.6 Å². The smallest absolute Gasteiger partial charge is 0.309 e. The summed E-state index contributed by atoms with van der Waals surface area (Å²) in [5.41, 5.74) is 0. The number of hydrogen-bond donors (Lipinski definition) is 3. The summed E-state index contributed by atoms with van der Waals surface area (Å²) >= 11 is 0. The van der Waals surface area contributed by atoms with Crippen molar-refractivity contribution in [2.24, 2.45) is 17.8 Å². The van der Waals surface area contributed by atoms with Gasteiger partial charge in [-0.25, -0.2) is 0 Å². The molecule has 7 nitrogen and oxygen atoms in total. The normalized spacial score (nSPS) is 30.8. The highest BCUT2D eigenvalue weighted by molar-refractivity contribution is 5.83. The van der Waals surface area contributed by atoms with Crippen molar-refractivity contribution in [2.75, 3.05) is 26.2 Å². The number of hydrogen-bond acceptors (Lipinski definition) is 4. The Morgan fingerprint density at radius 3 is 2.30 bits per heavy atom. The zero-order valence-corrected chi connectivity index (χ0v) is 11.2. The van der Waals surface area contributed by atoms with E-state index in [1.807, 2.05) is 0 Å². The number of nitrogens with one attached hydrogen (secondary N) is 1. The molecule has 0 spiro atoms. The van der Waals surface area contributed by atoms with Crippen LogP contribution in [-0.2, 0) is 14.4 Å². The van der Waals surface area contributed by atoms with Crippen LogP contribution in [0.3, 0.4) is 0 Å². The van der Waals surface area contributed by atoms with Crippen LogP contribution < -0.4 is 5.32 Å². The van der Waals surface area contributed by atoms with E-state index >= 15 is 0 Å². The molecule has 0 aliphatic carbocycles. The Morgan fingerprint density at radius 2 is 1.75 bits per heavy atom. The highest BCUT2D eigenvalue weighted by Crippen LogP contribution is 2.26. The zero-order valence-electron chi connectivity index (χ0n) is 11.2. The van der Waals surface area contributed by atoms with Crippen molar-refractivity contribution < 1.29 is 24.6 Å². The summed E-state index contributed by atoms with van der Waals surface area (Å²) < 4.78 is 0. The van der Waals surface area contributed by atoms with Gasteiger partial charge in [-0.3, -0.25) is 14.4 Å². The lowest BCUT2D eigenvalue weighted by Crippen LogP contribution is -2.51. The lowest BCUT2D eigenvalue weighted by atomic mass is 9.84. The van der Waals surface area contributed by atoms with E-state index < -0.39 is 23.8 Å². The molecule has 0 bridgehead atoms. The second-order valence-electron chi connectivity index (χ2n) is 5.51. The van der Waals surface area contributed by atoms with Gasteiger partial charge in [0.1, 0.15) is 0 Å². The summed E-state index contributed by atoms with van der Waals surface area (Å²) in [6, 6.07) is 0. The van der Waals surface area contributed by atoms with Crippen molar-refractivity contribution in [1.82, 2.24) is 10.2 Å². The van der Waals surface area contributed by atoms with Crippen molar-refractivity contribution in [2.45, 2.75) is 19.3 Å². The Morgan fingerprint density at radius 1 is 1.05 bits per heavy atom. The van der Waals surface area contributed by atoms with E-state index in [0.29, 0.717) is 13.1 Å². The fraction of sp³-hybridized carbons (Fsp3) is 0.769. The molecule has 2 aliphatic heterocycles. The molecule has 2 heterocycles. The molecule has 3 atom stereocenters. The number of nitrogens with zero attached hydrogens (tertiary/aromatic N) is 1. The van der Waals surface area contributed by atoms with E-state index in [9.17, 15) is 14.4 Å². The van der Waals surface area contributed by atoms with Crippen molar-refractivity contribution in [1.29, 1.82) is 0 Å². The first-order chi connectivity index (χ1) is 9.50. The average Bonchev–Trinajstić information content (AvgIpc) is 2.46. The van der Waals surface area contributed by atoms with Gasteiger partial charge in [0.05, 0.1) is 17.8 Å². The number of amides is 1. The Kier molecular flexibility index (Phi) is 4.59. The molecule has 2 aliphatic rings. The van der Waals surface area contributed by atoms with Crippen molar-refractivity contribution >= 4 is 17.8 Å². The van der Waals surface area contributed by atoms with Gasteiger partial charge in [-0.2, -0.15) is 0 Å². The van der Waals surface area contributed by atoms with Crippen molar-refractivity contribution in [3.05, 3.63) is 0 Å². The van der Waals surface area contributed by atoms with Gasteiger partial charge in [0.25, 0.3) is 0 Å². The van der Waals surface area contributed by atoms with E-state index in [4.69, 9.17) is 10.2 Å². The van der Waals surface area contributed by atoms with Crippen LogP contribution in [-0.4, -0.2) is 59.1 Å². The fourth-order valence-electron chi connectivity index (χ4n) is 3.02. The Labute approximate surface area is 116 Å². The summed E-state index contributed by atoms with van der Waals surface area (Å²) in [6.45, 7) is 1.86. The number of rotatable bonds is 3. The first-order valence-corrected chi connectivity index (χ1v) is 6.96. The standard InChI is InChI=1S/C13H20N2O5/c16-11(8-2-1-4-14-6-8)15-5-3-9(12(17)18)10(7-15)13(19)20/h8-10,14H,1-7H2,(H,17,18)(H,19,20). The quantitative estimate of drug-likeness (QED) is 0.652. The molecule has 1 amide bonds. The van der Waals surface area contributed by atoms with Crippen LogP contribution >= 0.6 is 0 Å². The maximum atomic E-state index is 12.3. The zero-order chi connectivity index (χ0) is 14.7. The van der Waals surface area contributed by atoms with E-state index in [-0.39, 0.29) is 24.8 Å². The van der Waals surface area contributed by atoms with Gasteiger partial charge >= 0.3 is 11.9 Å². The molecule has 0 aromatic carbocycles. The van der Waals surface area contributed by atoms with Crippen LogP contribution in [0.5, 0.6) is 0 Å². The minimum Gasteiger partial charge on any atom is -0.481 e. The molecule has 0 aromatic heterocycles. The number of carbonyl (C=O) groups excluding carboxylic acids is 1. The molecule has 2 saturated heterocycles. The van der Waals surface area contributed by atoms with Crippen LogP contribution in [0, 0.1) is 17.8 Å². The van der Waals surface area contributed by atoms with Gasteiger partial charge in [-0.15, -0.1) is 0 Å². The third-order valence-corrected chi connectivity index (χ3v) is 4.20. The summed E-state index contributed by atoms with van der Waals surface area (Å²) in [7, 11) is 0. The van der Waals surface area contributed by atoms with Crippen LogP contribution in [0.25, 0.3) is 0 Å². The maximum absolute atomic E-state index is 12.3. The molecular weight excluding hydrogens is 264 g/mol. The van der Waals surface area contributed by atoms with Crippen LogP contribution in [0.1, 0.15) is 19.3 Å². The molecule has 112 valence electrons. The lowest BCUT2D eigenvalue weighted by Gasteiger charge is -2.37. The molecular formula is C13H20N2O5. The van der Waals surface area contributed by atoms with Gasteiger partial charge in [0.15, 0.2) is 0 Å². The number of carboxylic acid groups (broad SMARTS) is 2. The van der Waals surface area contributed by atoms with E-state index in [0.717, 1.165) is 19.4 Å². The lowest BCUT2D eigenvalue weighted by molar-refractivity contribution is -0.159. The Hall–Kier alpha value is -1.63. The molecule has 0 radical (unpaired) electrons. The highest BCUT2D eigenvalue weighted by Gasteiger charge is 2.41. The molecule has 2 fully saturated rings. The molecule has 0 saturated carbocycles. The van der Waals surface area contributed by atoms with Gasteiger partial charge < -0.3 is 20.4 Å². The first-order valence-electron chi connectivity index (χ1n) is 6.96. The van der Waals surface area contributed by atoms with Crippen LogP contribution in [0.4, 0.5) is 0 Å². The maximum Gasteiger partial charge on any atom is 0.309 e. The monoisotopic (exact) mass is 284 g/mol. The third kappa shape index (κ3) is 3.09.